The van der Waals surface area contributed by atoms with Crippen LogP contribution in [0, 0.1) is 0 Å². The van der Waals surface area contributed by atoms with E-state index < -0.39 is 0 Å². The predicted molar refractivity (Wildman–Crippen MR) is 83.4 cm³/mol. The quantitative estimate of drug-likeness (QED) is 0.722. The second-order valence-corrected chi connectivity index (χ2v) is 5.27. The molecule has 0 saturated carbocycles. The lowest BCUT2D eigenvalue weighted by Crippen LogP contribution is -1.92. The Balaban J connectivity index is 0.000000178. The zero-order valence-corrected chi connectivity index (χ0v) is 13.2. The van der Waals surface area contributed by atoms with Crippen LogP contribution < -0.4 is 0 Å². The molecule has 0 fully saturated rings. The van der Waals surface area contributed by atoms with E-state index in [1.165, 1.54) is 5.56 Å². The smallest absolute Gasteiger partial charge is 0.128 e. The van der Waals surface area contributed by atoms with Gasteiger partial charge in [0.1, 0.15) is 4.60 Å². The van der Waals surface area contributed by atoms with Crippen LogP contribution in [0.15, 0.2) is 59.5 Å². The molecule has 0 bridgehead atoms. The molecular weight excluding hydrogens is 316 g/mol. The van der Waals surface area contributed by atoms with Crippen LogP contribution in [0.25, 0.3) is 0 Å². The van der Waals surface area contributed by atoms with Crippen molar-refractivity contribution in [1.29, 1.82) is 0 Å². The average Bonchev–Trinajstić information content (AvgIpc) is 3.00. The Labute approximate surface area is 127 Å². The third kappa shape index (κ3) is 4.66. The molecule has 0 amide bonds. The van der Waals surface area contributed by atoms with E-state index in [2.05, 4.69) is 50.4 Å². The van der Waals surface area contributed by atoms with E-state index in [0.29, 0.717) is 0 Å². The number of halogens is 1. The number of hydrogen-bond donors (Lipinski definition) is 0. The van der Waals surface area contributed by atoms with Crippen molar-refractivity contribution in [2.24, 2.45) is 14.1 Å². The lowest BCUT2D eigenvalue weighted by atomic mass is 10.1. The summed E-state index contributed by atoms with van der Waals surface area (Å²) in [5.74, 6) is 0. The summed E-state index contributed by atoms with van der Waals surface area (Å²) in [4.78, 5) is 0. The Morgan fingerprint density at radius 2 is 1.55 bits per heavy atom. The number of rotatable bonds is 2. The molecule has 4 nitrogen and oxygen atoms in total. The first kappa shape index (κ1) is 14.5. The first-order valence-corrected chi connectivity index (χ1v) is 7.10. The van der Waals surface area contributed by atoms with Gasteiger partial charge in [-0.3, -0.25) is 9.36 Å². The molecule has 0 radical (unpaired) electrons. The first-order valence-electron chi connectivity index (χ1n) is 6.31. The van der Waals surface area contributed by atoms with E-state index >= 15 is 0 Å². The van der Waals surface area contributed by atoms with E-state index in [1.54, 1.807) is 4.68 Å². The van der Waals surface area contributed by atoms with Crippen molar-refractivity contribution >= 4 is 15.9 Å². The number of benzene rings is 1. The monoisotopic (exact) mass is 332 g/mol. The summed E-state index contributed by atoms with van der Waals surface area (Å²) in [6, 6.07) is 14.3. The van der Waals surface area contributed by atoms with E-state index in [-0.39, 0.29) is 0 Å². The summed E-state index contributed by atoms with van der Waals surface area (Å²) < 4.78 is 4.46. The van der Waals surface area contributed by atoms with Crippen LogP contribution in [0.3, 0.4) is 0 Å². The third-order valence-electron chi connectivity index (χ3n) is 2.68. The normalized spacial score (nSPS) is 9.95. The molecular formula is C15H17BrN4. The van der Waals surface area contributed by atoms with Crippen LogP contribution >= 0.6 is 15.9 Å². The SMILES string of the molecule is Cn1ccc(Br)n1.Cn1ccc(Cc2ccccc2)n1. The van der Waals surface area contributed by atoms with Gasteiger partial charge in [-0.25, -0.2) is 0 Å². The molecule has 0 unspecified atom stereocenters. The molecule has 3 rings (SSSR count). The largest absolute Gasteiger partial charge is 0.276 e. The highest BCUT2D eigenvalue weighted by atomic mass is 79.9. The Morgan fingerprint density at radius 1 is 0.900 bits per heavy atom. The summed E-state index contributed by atoms with van der Waals surface area (Å²) in [7, 11) is 3.82. The van der Waals surface area contributed by atoms with Gasteiger partial charge in [0, 0.05) is 32.9 Å². The maximum atomic E-state index is 4.32. The van der Waals surface area contributed by atoms with Crippen LogP contribution in [0.2, 0.25) is 0 Å². The summed E-state index contributed by atoms with van der Waals surface area (Å²) >= 11 is 3.20. The highest BCUT2D eigenvalue weighted by Gasteiger charge is 1.97. The molecule has 0 N–H and O–H groups in total. The van der Waals surface area contributed by atoms with Crippen LogP contribution in [0.4, 0.5) is 0 Å². The van der Waals surface area contributed by atoms with Crippen molar-refractivity contribution in [3.63, 3.8) is 0 Å². The van der Waals surface area contributed by atoms with E-state index in [1.807, 2.05) is 49.4 Å². The van der Waals surface area contributed by atoms with Gasteiger partial charge in [0.15, 0.2) is 0 Å². The van der Waals surface area contributed by atoms with Gasteiger partial charge < -0.3 is 0 Å². The molecule has 0 aliphatic heterocycles. The minimum absolute atomic E-state index is 0.884. The summed E-state index contributed by atoms with van der Waals surface area (Å²) in [6.07, 6.45) is 4.77. The molecule has 20 heavy (non-hydrogen) atoms. The second kappa shape index (κ2) is 7.05. The van der Waals surface area contributed by atoms with Gasteiger partial charge in [-0.15, -0.1) is 0 Å². The van der Waals surface area contributed by atoms with Crippen molar-refractivity contribution in [1.82, 2.24) is 19.6 Å². The van der Waals surface area contributed by atoms with Crippen LogP contribution in [-0.2, 0) is 20.5 Å². The molecule has 0 aliphatic rings. The molecule has 5 heteroatoms. The predicted octanol–water partition coefficient (Wildman–Crippen LogP) is 3.19. The van der Waals surface area contributed by atoms with E-state index in [4.69, 9.17) is 0 Å². The highest BCUT2D eigenvalue weighted by molar-refractivity contribution is 9.10. The molecule has 0 atom stereocenters. The standard InChI is InChI=1S/C11H12N2.C4H5BrN2/c1-13-8-7-11(12-13)9-10-5-3-2-4-6-10;1-7-3-2-4(5)6-7/h2-8H,9H2,1H3;2-3H,1H3. The van der Waals surface area contributed by atoms with Crippen molar-refractivity contribution in [3.05, 3.63) is 70.7 Å². The van der Waals surface area contributed by atoms with Crippen LogP contribution in [0.1, 0.15) is 11.3 Å². The summed E-state index contributed by atoms with van der Waals surface area (Å²) in [5, 5.41) is 8.27. The van der Waals surface area contributed by atoms with Gasteiger partial charge >= 0.3 is 0 Å². The molecule has 1 aromatic carbocycles. The zero-order chi connectivity index (χ0) is 14.4. The van der Waals surface area contributed by atoms with Gasteiger partial charge in [-0.1, -0.05) is 30.3 Å². The molecule has 3 aromatic rings. The summed E-state index contributed by atoms with van der Waals surface area (Å²) in [5.41, 5.74) is 2.43. The van der Waals surface area contributed by atoms with Gasteiger partial charge in [0.25, 0.3) is 0 Å². The third-order valence-corrected chi connectivity index (χ3v) is 3.10. The maximum absolute atomic E-state index is 4.32. The number of aryl methyl sites for hydroxylation is 2. The van der Waals surface area contributed by atoms with Crippen molar-refractivity contribution in [2.75, 3.05) is 0 Å². The molecule has 0 spiro atoms. The number of nitrogens with zero attached hydrogens (tertiary/aromatic N) is 4. The van der Waals surface area contributed by atoms with Crippen molar-refractivity contribution in [3.8, 4) is 0 Å². The molecule has 0 aliphatic carbocycles. The highest BCUT2D eigenvalue weighted by Crippen LogP contribution is 2.06. The number of aromatic nitrogens is 4. The first-order chi connectivity index (χ1) is 9.63. The van der Waals surface area contributed by atoms with Crippen molar-refractivity contribution in [2.45, 2.75) is 6.42 Å². The van der Waals surface area contributed by atoms with Crippen LogP contribution in [0.5, 0.6) is 0 Å². The number of hydrogen-bond acceptors (Lipinski definition) is 2. The summed E-state index contributed by atoms with van der Waals surface area (Å²) in [6.45, 7) is 0. The second-order valence-electron chi connectivity index (χ2n) is 4.46. The van der Waals surface area contributed by atoms with E-state index in [0.717, 1.165) is 16.7 Å². The minimum atomic E-state index is 0.884. The van der Waals surface area contributed by atoms with Crippen LogP contribution in [-0.4, -0.2) is 19.6 Å². The molecule has 2 aromatic heterocycles. The van der Waals surface area contributed by atoms with Gasteiger partial charge in [-0.2, -0.15) is 10.2 Å². The Bertz CT molecular complexity index is 626. The fourth-order valence-electron chi connectivity index (χ4n) is 1.75. The maximum Gasteiger partial charge on any atom is 0.128 e. The molecule has 0 saturated heterocycles. The Morgan fingerprint density at radius 3 is 2.00 bits per heavy atom. The Kier molecular flexibility index (Phi) is 5.12. The fourth-order valence-corrected chi connectivity index (χ4v) is 2.12. The average molecular weight is 333 g/mol. The minimum Gasteiger partial charge on any atom is -0.276 e. The lowest BCUT2D eigenvalue weighted by molar-refractivity contribution is 0.749. The molecule has 2 heterocycles. The topological polar surface area (TPSA) is 35.6 Å². The van der Waals surface area contributed by atoms with Gasteiger partial charge in [-0.05, 0) is 33.6 Å². The zero-order valence-electron chi connectivity index (χ0n) is 11.6. The van der Waals surface area contributed by atoms with Gasteiger partial charge in [0.2, 0.25) is 0 Å². The fraction of sp³-hybridized carbons (Fsp3) is 0.200. The lowest BCUT2D eigenvalue weighted by Gasteiger charge is -1.96. The van der Waals surface area contributed by atoms with E-state index in [9.17, 15) is 0 Å². The van der Waals surface area contributed by atoms with Gasteiger partial charge in [0.05, 0.1) is 5.69 Å². The van der Waals surface area contributed by atoms with Crippen molar-refractivity contribution < 1.29 is 0 Å². The Hall–Kier alpha value is -1.88. The molecule has 104 valence electrons.